The van der Waals surface area contributed by atoms with Gasteiger partial charge in [-0.1, -0.05) is 0 Å². The van der Waals surface area contributed by atoms with E-state index >= 15 is 0 Å². The fourth-order valence-electron chi connectivity index (χ4n) is 0.693. The van der Waals surface area contributed by atoms with E-state index in [9.17, 15) is 4.79 Å². The maximum atomic E-state index is 10.7. The van der Waals surface area contributed by atoms with Crippen molar-refractivity contribution in [1.82, 2.24) is 0 Å². The average Bonchev–Trinajstić information content (AvgIpc) is 2.12. The molecule has 1 heterocycles. The normalized spacial score (nSPS) is 34.4. The Balaban J connectivity index is 2.69. The molecule has 2 N–H and O–H groups in total. The Kier molecular flexibility index (Phi) is 1.74. The summed E-state index contributed by atoms with van der Waals surface area (Å²) in [5.41, 5.74) is 5.40. The Morgan fingerprint density at radius 2 is 2.56 bits per heavy atom. The van der Waals surface area contributed by atoms with Crippen LogP contribution in [0.2, 0.25) is 0 Å². The van der Waals surface area contributed by atoms with Gasteiger partial charge in [-0.15, -0.1) is 11.8 Å². The average molecular weight is 142 g/mol. The lowest BCUT2D eigenvalue weighted by atomic mass is 10.1. The van der Waals surface area contributed by atoms with E-state index in [1.165, 1.54) is 11.8 Å². The van der Waals surface area contributed by atoms with Gasteiger partial charge < -0.3 is 5.73 Å². The Bertz CT molecular complexity index is 174. The van der Waals surface area contributed by atoms with E-state index in [1.807, 2.05) is 6.07 Å². The van der Waals surface area contributed by atoms with Crippen LogP contribution in [0.3, 0.4) is 0 Å². The summed E-state index contributed by atoms with van der Waals surface area (Å²) in [7, 11) is 0. The van der Waals surface area contributed by atoms with Crippen LogP contribution in [0.5, 0.6) is 0 Å². The molecule has 9 heavy (non-hydrogen) atoms. The summed E-state index contributed by atoms with van der Waals surface area (Å²) in [4.78, 5) is 10.7. The lowest BCUT2D eigenvalue weighted by Crippen LogP contribution is -2.24. The zero-order valence-corrected chi connectivity index (χ0v) is 5.52. The molecule has 1 saturated heterocycles. The van der Waals surface area contributed by atoms with Crippen LogP contribution >= 0.6 is 11.8 Å². The molecule has 0 bridgehead atoms. The molecular weight excluding hydrogens is 136 g/mol. The van der Waals surface area contributed by atoms with E-state index in [1.54, 1.807) is 0 Å². The summed E-state index contributed by atoms with van der Waals surface area (Å²) in [6, 6.07) is 1.87. The minimum atomic E-state index is -0.560. The minimum Gasteiger partial charge on any atom is -0.318 e. The van der Waals surface area contributed by atoms with Crippen LogP contribution in [-0.2, 0) is 4.79 Å². The van der Waals surface area contributed by atoms with Crippen LogP contribution in [0.15, 0.2) is 0 Å². The van der Waals surface area contributed by atoms with Crippen molar-refractivity contribution in [2.45, 2.75) is 5.37 Å². The minimum absolute atomic E-state index is 0.0324. The van der Waals surface area contributed by atoms with Crippen LogP contribution < -0.4 is 5.73 Å². The molecule has 1 aliphatic rings. The Morgan fingerprint density at radius 1 is 1.89 bits per heavy atom. The summed E-state index contributed by atoms with van der Waals surface area (Å²) >= 11 is 1.34. The third-order valence-corrected chi connectivity index (χ3v) is 2.34. The second kappa shape index (κ2) is 2.38. The van der Waals surface area contributed by atoms with E-state index in [2.05, 4.69) is 0 Å². The van der Waals surface area contributed by atoms with Crippen LogP contribution in [-0.4, -0.2) is 16.9 Å². The molecule has 0 spiro atoms. The van der Waals surface area contributed by atoms with Gasteiger partial charge in [0.1, 0.15) is 5.92 Å². The summed E-state index contributed by atoms with van der Waals surface area (Å²) < 4.78 is 0. The first-order valence-corrected chi connectivity index (χ1v) is 3.60. The van der Waals surface area contributed by atoms with Gasteiger partial charge >= 0.3 is 0 Å². The summed E-state index contributed by atoms with van der Waals surface area (Å²) in [5, 5.41) is 8.05. The van der Waals surface area contributed by atoms with Crippen molar-refractivity contribution in [1.29, 1.82) is 5.26 Å². The molecule has 2 atom stereocenters. The van der Waals surface area contributed by atoms with E-state index in [4.69, 9.17) is 11.0 Å². The van der Waals surface area contributed by atoms with Crippen molar-refractivity contribution in [3.63, 3.8) is 0 Å². The number of carbonyl (C=O) groups excluding carboxylic acids is 1. The fraction of sp³-hybridized carbons (Fsp3) is 0.600. The standard InChI is InChI=1S/C5H6N2OS/c6-1-3-4(8)2-9-5(3)7/h3,5H,2,7H2. The number of hydrogen-bond donors (Lipinski definition) is 1. The number of nitrogens with zero attached hydrogens (tertiary/aromatic N) is 1. The molecule has 4 heteroatoms. The topological polar surface area (TPSA) is 66.9 Å². The largest absolute Gasteiger partial charge is 0.318 e. The van der Waals surface area contributed by atoms with Crippen molar-refractivity contribution >= 4 is 17.5 Å². The number of carbonyl (C=O) groups is 1. The maximum absolute atomic E-state index is 10.7. The van der Waals surface area contributed by atoms with Gasteiger partial charge in [0.25, 0.3) is 0 Å². The van der Waals surface area contributed by atoms with E-state index in [-0.39, 0.29) is 11.2 Å². The van der Waals surface area contributed by atoms with Gasteiger partial charge in [0, 0.05) is 0 Å². The molecule has 0 aromatic carbocycles. The molecule has 3 nitrogen and oxygen atoms in total. The highest BCUT2D eigenvalue weighted by atomic mass is 32.2. The van der Waals surface area contributed by atoms with Crippen LogP contribution in [0.4, 0.5) is 0 Å². The Labute approximate surface area is 57.2 Å². The zero-order valence-electron chi connectivity index (χ0n) is 4.70. The molecule has 48 valence electrons. The van der Waals surface area contributed by atoms with Gasteiger partial charge in [0.05, 0.1) is 17.2 Å². The third-order valence-electron chi connectivity index (χ3n) is 1.23. The number of Topliss-reactive ketones (excluding diaryl/α,β-unsaturated/α-hetero) is 1. The third kappa shape index (κ3) is 1.07. The smallest absolute Gasteiger partial charge is 0.162 e. The molecule has 0 saturated carbocycles. The number of ketones is 1. The molecule has 0 aromatic heterocycles. The predicted molar refractivity (Wildman–Crippen MR) is 34.5 cm³/mol. The molecule has 0 amide bonds. The quantitative estimate of drug-likeness (QED) is 0.505. The fourth-order valence-corrected chi connectivity index (χ4v) is 1.63. The SMILES string of the molecule is N#CC1C(=O)CSC1N. The van der Waals surface area contributed by atoms with Gasteiger partial charge in [0.15, 0.2) is 5.78 Å². The molecule has 1 rings (SSSR count). The van der Waals surface area contributed by atoms with E-state index in [0.717, 1.165) is 0 Å². The summed E-state index contributed by atoms with van der Waals surface area (Å²) in [6.45, 7) is 0. The van der Waals surface area contributed by atoms with Crippen LogP contribution in [0.1, 0.15) is 0 Å². The maximum Gasteiger partial charge on any atom is 0.162 e. The molecule has 1 aliphatic heterocycles. The van der Waals surface area contributed by atoms with Crippen molar-refractivity contribution in [2.24, 2.45) is 11.7 Å². The van der Waals surface area contributed by atoms with Gasteiger partial charge in [-0.25, -0.2) is 0 Å². The second-order valence-electron chi connectivity index (χ2n) is 1.85. The van der Waals surface area contributed by atoms with E-state index in [0.29, 0.717) is 5.75 Å². The first-order valence-electron chi connectivity index (χ1n) is 2.55. The monoisotopic (exact) mass is 142 g/mol. The molecule has 2 unspecified atom stereocenters. The number of thioether (sulfide) groups is 1. The van der Waals surface area contributed by atoms with Crippen LogP contribution in [0.25, 0.3) is 0 Å². The van der Waals surface area contributed by atoms with Crippen molar-refractivity contribution < 1.29 is 4.79 Å². The highest BCUT2D eigenvalue weighted by Gasteiger charge is 2.32. The van der Waals surface area contributed by atoms with Gasteiger partial charge in [-0.3, -0.25) is 4.79 Å². The van der Waals surface area contributed by atoms with Crippen molar-refractivity contribution in [3.8, 4) is 6.07 Å². The van der Waals surface area contributed by atoms with Gasteiger partial charge in [-0.05, 0) is 0 Å². The molecular formula is C5H6N2OS. The van der Waals surface area contributed by atoms with Crippen molar-refractivity contribution in [2.75, 3.05) is 5.75 Å². The van der Waals surface area contributed by atoms with E-state index < -0.39 is 5.92 Å². The van der Waals surface area contributed by atoms with Crippen LogP contribution in [0, 0.1) is 17.2 Å². The van der Waals surface area contributed by atoms with Gasteiger partial charge in [-0.2, -0.15) is 5.26 Å². The molecule has 1 fully saturated rings. The lowest BCUT2D eigenvalue weighted by molar-refractivity contribution is -0.118. The highest BCUT2D eigenvalue weighted by molar-refractivity contribution is 8.01. The highest BCUT2D eigenvalue weighted by Crippen LogP contribution is 2.24. The lowest BCUT2D eigenvalue weighted by Gasteiger charge is -2.00. The molecule has 0 aromatic rings. The Hall–Kier alpha value is -0.530. The first-order chi connectivity index (χ1) is 4.25. The Morgan fingerprint density at radius 3 is 2.78 bits per heavy atom. The molecule has 0 radical (unpaired) electrons. The zero-order chi connectivity index (χ0) is 6.85. The van der Waals surface area contributed by atoms with Gasteiger partial charge in [0.2, 0.25) is 0 Å². The first kappa shape index (κ1) is 6.59. The number of rotatable bonds is 0. The second-order valence-corrected chi connectivity index (χ2v) is 3.02. The molecule has 0 aliphatic carbocycles. The number of hydrogen-bond acceptors (Lipinski definition) is 4. The number of nitriles is 1. The summed E-state index contributed by atoms with van der Waals surface area (Å²) in [5.74, 6) is -0.190. The predicted octanol–water partition coefficient (Wildman–Crippen LogP) is -0.273. The number of nitrogens with two attached hydrogens (primary N) is 1. The van der Waals surface area contributed by atoms with Crippen molar-refractivity contribution in [3.05, 3.63) is 0 Å². The summed E-state index contributed by atoms with van der Waals surface area (Å²) in [6.07, 6.45) is 0.